The van der Waals surface area contributed by atoms with E-state index in [-0.39, 0.29) is 28.5 Å². The molecule has 0 saturated carbocycles. The number of carbonyl (C=O) groups excluding carboxylic acids is 1. The van der Waals surface area contributed by atoms with Gasteiger partial charge in [0.2, 0.25) is 5.71 Å². The zero-order valence-electron chi connectivity index (χ0n) is 17.4. The fourth-order valence-electron chi connectivity index (χ4n) is 3.49. The summed E-state index contributed by atoms with van der Waals surface area (Å²) in [7, 11) is 0. The number of hydrogen-bond donors (Lipinski definition) is 0. The molecule has 0 bridgehead atoms. The number of nitrogens with zero attached hydrogens (tertiary/aromatic N) is 3. The maximum absolute atomic E-state index is 13.5. The first kappa shape index (κ1) is 19.9. The van der Waals surface area contributed by atoms with Gasteiger partial charge in [0.1, 0.15) is 17.5 Å². The lowest BCUT2D eigenvalue weighted by molar-refractivity contribution is 0.0988. The molecule has 0 N–H and O–H groups in total. The van der Waals surface area contributed by atoms with Crippen molar-refractivity contribution in [2.45, 2.75) is 48.1 Å². The van der Waals surface area contributed by atoms with Gasteiger partial charge in [-0.25, -0.2) is 4.98 Å². The van der Waals surface area contributed by atoms with Crippen LogP contribution in [0.25, 0.3) is 11.1 Å². The Morgan fingerprint density at radius 2 is 1.96 bits per heavy atom. The fourth-order valence-corrected chi connectivity index (χ4v) is 3.49. The Morgan fingerprint density at radius 3 is 2.61 bits per heavy atom. The van der Waals surface area contributed by atoms with Crippen molar-refractivity contribution in [3.8, 4) is 0 Å². The van der Waals surface area contributed by atoms with Crippen molar-refractivity contribution in [2.75, 3.05) is 11.4 Å². The SMILES string of the molecule is CCN(C(=O)c1c(C)oc2ncn(CC(C)C)c(=O)c12)c1cc(C)ccc1C. The summed E-state index contributed by atoms with van der Waals surface area (Å²) in [5, 5.41) is 0.259. The highest BCUT2D eigenvalue weighted by Gasteiger charge is 2.27. The highest BCUT2D eigenvalue weighted by atomic mass is 16.3. The molecule has 0 fully saturated rings. The van der Waals surface area contributed by atoms with Gasteiger partial charge >= 0.3 is 0 Å². The predicted molar refractivity (Wildman–Crippen MR) is 111 cm³/mol. The highest BCUT2D eigenvalue weighted by Crippen LogP contribution is 2.27. The normalized spacial score (nSPS) is 11.4. The molecule has 0 aliphatic heterocycles. The second kappa shape index (κ2) is 7.62. The van der Waals surface area contributed by atoms with Gasteiger partial charge in [0.15, 0.2) is 0 Å². The molecule has 0 radical (unpaired) electrons. The zero-order valence-corrected chi connectivity index (χ0v) is 17.4. The molecule has 0 aliphatic carbocycles. The Hall–Kier alpha value is -2.89. The Bertz CT molecular complexity index is 1090. The fraction of sp³-hybridized carbons (Fsp3) is 0.409. The van der Waals surface area contributed by atoms with Crippen LogP contribution >= 0.6 is 0 Å². The first-order valence-electron chi connectivity index (χ1n) is 9.62. The summed E-state index contributed by atoms with van der Waals surface area (Å²) < 4.78 is 7.22. The molecule has 1 aromatic carbocycles. The second-order valence-electron chi connectivity index (χ2n) is 7.65. The quantitative estimate of drug-likeness (QED) is 0.663. The lowest BCUT2D eigenvalue weighted by atomic mass is 10.1. The van der Waals surface area contributed by atoms with Crippen molar-refractivity contribution in [3.05, 3.63) is 57.3 Å². The molecule has 6 nitrogen and oxygen atoms in total. The Morgan fingerprint density at radius 1 is 1.25 bits per heavy atom. The number of benzene rings is 1. The standard InChI is InChI=1S/C22H27N3O3/c1-7-25(17-10-14(4)8-9-15(17)5)22(27)18-16(6)28-20-19(18)21(26)24(12-23-20)11-13(2)3/h8-10,12-13H,7,11H2,1-6H3. The van der Waals surface area contributed by atoms with Crippen LogP contribution in [0.3, 0.4) is 0 Å². The number of rotatable bonds is 5. The average Bonchev–Trinajstić information content (AvgIpc) is 2.97. The van der Waals surface area contributed by atoms with Crippen LogP contribution in [0, 0.1) is 26.7 Å². The van der Waals surface area contributed by atoms with E-state index in [2.05, 4.69) is 4.98 Å². The van der Waals surface area contributed by atoms with Gasteiger partial charge in [0.25, 0.3) is 11.5 Å². The van der Waals surface area contributed by atoms with Crippen LogP contribution in [0.4, 0.5) is 5.69 Å². The van der Waals surface area contributed by atoms with Gasteiger partial charge in [-0.1, -0.05) is 26.0 Å². The molecule has 3 aromatic rings. The van der Waals surface area contributed by atoms with Crippen LogP contribution < -0.4 is 10.5 Å². The Labute approximate surface area is 164 Å². The number of anilines is 1. The molecule has 0 saturated heterocycles. The largest absolute Gasteiger partial charge is 0.442 e. The number of aryl methyl sites for hydroxylation is 3. The predicted octanol–water partition coefficient (Wildman–Crippen LogP) is 4.24. The minimum Gasteiger partial charge on any atom is -0.442 e. The molecule has 28 heavy (non-hydrogen) atoms. The van der Waals surface area contributed by atoms with Crippen molar-refractivity contribution in [3.63, 3.8) is 0 Å². The van der Waals surface area contributed by atoms with Crippen molar-refractivity contribution < 1.29 is 9.21 Å². The van der Waals surface area contributed by atoms with E-state index in [4.69, 9.17) is 4.42 Å². The van der Waals surface area contributed by atoms with Crippen molar-refractivity contribution in [2.24, 2.45) is 5.92 Å². The van der Waals surface area contributed by atoms with E-state index in [0.29, 0.717) is 24.4 Å². The van der Waals surface area contributed by atoms with Gasteiger partial charge in [0.05, 0.1) is 5.56 Å². The first-order chi connectivity index (χ1) is 13.2. The van der Waals surface area contributed by atoms with E-state index in [0.717, 1.165) is 16.8 Å². The molecule has 148 valence electrons. The number of carbonyl (C=O) groups is 1. The van der Waals surface area contributed by atoms with Gasteiger partial charge in [-0.2, -0.15) is 0 Å². The van der Waals surface area contributed by atoms with Gasteiger partial charge in [-0.05, 0) is 50.8 Å². The molecule has 2 aromatic heterocycles. The molecule has 0 atom stereocenters. The van der Waals surface area contributed by atoms with E-state index < -0.39 is 0 Å². The van der Waals surface area contributed by atoms with E-state index in [1.54, 1.807) is 16.4 Å². The summed E-state index contributed by atoms with van der Waals surface area (Å²) >= 11 is 0. The van der Waals surface area contributed by atoms with E-state index in [1.807, 2.05) is 52.8 Å². The minimum atomic E-state index is -0.242. The number of furan rings is 1. The minimum absolute atomic E-state index is 0.211. The van der Waals surface area contributed by atoms with Crippen LogP contribution in [0.5, 0.6) is 0 Å². The Kier molecular flexibility index (Phi) is 5.40. The van der Waals surface area contributed by atoms with Crippen molar-refractivity contribution in [1.82, 2.24) is 9.55 Å². The average molecular weight is 381 g/mol. The number of fused-ring (bicyclic) bond motifs is 1. The van der Waals surface area contributed by atoms with Crippen LogP contribution in [-0.2, 0) is 6.54 Å². The number of amides is 1. The number of hydrogen-bond acceptors (Lipinski definition) is 4. The lowest BCUT2D eigenvalue weighted by Gasteiger charge is -2.23. The van der Waals surface area contributed by atoms with Crippen LogP contribution in [0.1, 0.15) is 48.0 Å². The van der Waals surface area contributed by atoms with Crippen molar-refractivity contribution in [1.29, 1.82) is 0 Å². The van der Waals surface area contributed by atoms with Crippen LogP contribution in [-0.4, -0.2) is 22.0 Å². The maximum Gasteiger partial charge on any atom is 0.265 e. The van der Waals surface area contributed by atoms with Crippen molar-refractivity contribution >= 4 is 22.7 Å². The summed E-state index contributed by atoms with van der Waals surface area (Å²) in [4.78, 5) is 32.5. The monoisotopic (exact) mass is 381 g/mol. The Balaban J connectivity index is 2.18. The maximum atomic E-state index is 13.5. The molecule has 3 rings (SSSR count). The first-order valence-corrected chi connectivity index (χ1v) is 9.62. The van der Waals surface area contributed by atoms with Gasteiger partial charge in [-0.15, -0.1) is 0 Å². The van der Waals surface area contributed by atoms with E-state index in [9.17, 15) is 9.59 Å². The topological polar surface area (TPSA) is 68.3 Å². The van der Waals surface area contributed by atoms with Crippen LogP contribution in [0.2, 0.25) is 0 Å². The lowest BCUT2D eigenvalue weighted by Crippen LogP contribution is -2.33. The summed E-state index contributed by atoms with van der Waals surface area (Å²) in [5.41, 5.74) is 3.18. The molecule has 0 unspecified atom stereocenters. The third kappa shape index (κ3) is 3.46. The molecule has 0 spiro atoms. The summed E-state index contributed by atoms with van der Waals surface area (Å²) in [6.45, 7) is 12.7. The van der Waals surface area contributed by atoms with Gasteiger partial charge < -0.3 is 9.32 Å². The van der Waals surface area contributed by atoms with E-state index in [1.165, 1.54) is 6.33 Å². The number of aromatic nitrogens is 2. The van der Waals surface area contributed by atoms with Gasteiger partial charge in [-0.3, -0.25) is 14.2 Å². The molecular weight excluding hydrogens is 354 g/mol. The second-order valence-corrected chi connectivity index (χ2v) is 7.65. The molecule has 0 aliphatic rings. The third-order valence-corrected chi connectivity index (χ3v) is 4.85. The third-order valence-electron chi connectivity index (χ3n) is 4.85. The molecule has 2 heterocycles. The zero-order chi connectivity index (χ0) is 20.6. The molecule has 1 amide bonds. The summed E-state index contributed by atoms with van der Waals surface area (Å²) in [6, 6.07) is 6.01. The van der Waals surface area contributed by atoms with E-state index >= 15 is 0 Å². The molecular formula is C22H27N3O3. The van der Waals surface area contributed by atoms with Crippen LogP contribution in [0.15, 0.2) is 33.7 Å². The highest BCUT2D eigenvalue weighted by molar-refractivity contribution is 6.14. The summed E-state index contributed by atoms with van der Waals surface area (Å²) in [6.07, 6.45) is 1.49. The molecule has 6 heteroatoms. The summed E-state index contributed by atoms with van der Waals surface area (Å²) in [5.74, 6) is 0.454. The smallest absolute Gasteiger partial charge is 0.265 e. The van der Waals surface area contributed by atoms with Gasteiger partial charge in [0, 0.05) is 18.8 Å².